The molecule has 10 heteroatoms. The van der Waals surface area contributed by atoms with Crippen molar-refractivity contribution in [1.29, 1.82) is 0 Å². The lowest BCUT2D eigenvalue weighted by atomic mass is 9.99. The number of nitrogens with two attached hydrogens (primary N) is 1. The summed E-state index contributed by atoms with van der Waals surface area (Å²) in [5.74, 6) is -1.69. The number of benzene rings is 2. The second-order valence-electron chi connectivity index (χ2n) is 10.4. The van der Waals surface area contributed by atoms with Crippen LogP contribution < -0.4 is 16.4 Å². The number of amides is 4. The van der Waals surface area contributed by atoms with Gasteiger partial charge in [-0.3, -0.25) is 14.4 Å². The number of halogens is 1. The van der Waals surface area contributed by atoms with Crippen molar-refractivity contribution in [3.63, 3.8) is 0 Å². The first kappa shape index (κ1) is 32.4. The molecule has 0 aliphatic carbocycles. The van der Waals surface area contributed by atoms with Gasteiger partial charge >= 0.3 is 6.09 Å². The number of primary amides is 1. The van der Waals surface area contributed by atoms with Crippen LogP contribution in [0.25, 0.3) is 6.08 Å². The van der Waals surface area contributed by atoms with Crippen LogP contribution >= 0.6 is 11.6 Å². The van der Waals surface area contributed by atoms with Crippen molar-refractivity contribution in [2.75, 3.05) is 11.9 Å². The number of hydrogen-bond acceptors (Lipinski definition) is 5. The van der Waals surface area contributed by atoms with Crippen LogP contribution in [-0.4, -0.2) is 46.9 Å². The highest BCUT2D eigenvalue weighted by Gasteiger charge is 2.36. The minimum Gasteiger partial charge on any atom is -0.444 e. The molecule has 0 aliphatic rings. The van der Waals surface area contributed by atoms with Gasteiger partial charge in [-0.1, -0.05) is 61.5 Å². The number of nitrogens with one attached hydrogen (secondary N) is 2. The van der Waals surface area contributed by atoms with E-state index < -0.39 is 41.5 Å². The summed E-state index contributed by atoms with van der Waals surface area (Å²) in [6, 6.07) is 10.1. The van der Waals surface area contributed by atoms with Crippen LogP contribution in [0, 0.1) is 6.92 Å². The number of anilines is 1. The summed E-state index contributed by atoms with van der Waals surface area (Å²) < 4.78 is 5.35. The molecule has 2 aromatic carbocycles. The van der Waals surface area contributed by atoms with Crippen molar-refractivity contribution in [3.8, 4) is 0 Å². The molecule has 2 unspecified atom stereocenters. The molecule has 9 nitrogen and oxygen atoms in total. The maximum atomic E-state index is 14.1. The van der Waals surface area contributed by atoms with Gasteiger partial charge in [0.2, 0.25) is 11.8 Å². The monoisotopic (exact) mass is 570 g/mol. The molecule has 4 amide bonds. The van der Waals surface area contributed by atoms with Crippen LogP contribution in [-0.2, 0) is 19.1 Å². The smallest absolute Gasteiger partial charge is 0.408 e. The summed E-state index contributed by atoms with van der Waals surface area (Å²) in [7, 11) is 0. The Labute approximate surface area is 241 Å². The van der Waals surface area contributed by atoms with Gasteiger partial charge in [0.05, 0.1) is 10.7 Å². The van der Waals surface area contributed by atoms with Crippen molar-refractivity contribution >= 4 is 47.2 Å². The minimum absolute atomic E-state index is 0.0711. The largest absolute Gasteiger partial charge is 0.444 e. The first-order valence-electron chi connectivity index (χ1n) is 13.1. The molecule has 216 valence electrons. The quantitative estimate of drug-likeness (QED) is 0.316. The summed E-state index contributed by atoms with van der Waals surface area (Å²) in [5, 5.41) is 5.82. The van der Waals surface area contributed by atoms with Gasteiger partial charge in [-0.25, -0.2) is 4.79 Å². The van der Waals surface area contributed by atoms with Crippen LogP contribution in [0.1, 0.15) is 69.7 Å². The molecule has 0 fully saturated rings. The van der Waals surface area contributed by atoms with Crippen molar-refractivity contribution in [2.45, 2.75) is 71.6 Å². The van der Waals surface area contributed by atoms with Gasteiger partial charge in [0, 0.05) is 13.0 Å². The van der Waals surface area contributed by atoms with Crippen LogP contribution in [0.4, 0.5) is 10.5 Å². The molecular weight excluding hydrogens is 532 g/mol. The summed E-state index contributed by atoms with van der Waals surface area (Å²) in [6.45, 7) is 12.8. The van der Waals surface area contributed by atoms with E-state index in [2.05, 4.69) is 17.2 Å². The number of carbonyl (C=O) groups is 4. The predicted molar refractivity (Wildman–Crippen MR) is 158 cm³/mol. The van der Waals surface area contributed by atoms with E-state index in [9.17, 15) is 19.2 Å². The maximum absolute atomic E-state index is 14.1. The first-order valence-corrected chi connectivity index (χ1v) is 13.5. The number of ether oxygens (including phenoxy) is 1. The molecule has 0 aliphatic heterocycles. The molecular formula is C30H39ClN4O5. The summed E-state index contributed by atoms with van der Waals surface area (Å²) >= 11 is 6.39. The highest BCUT2D eigenvalue weighted by molar-refractivity contribution is 6.34. The second-order valence-corrected chi connectivity index (χ2v) is 10.8. The Morgan fingerprint density at radius 2 is 1.82 bits per heavy atom. The summed E-state index contributed by atoms with van der Waals surface area (Å²) in [5.41, 5.74) is 7.01. The summed E-state index contributed by atoms with van der Waals surface area (Å²) in [4.78, 5) is 53.7. The number of para-hydroxylation sites is 1. The Morgan fingerprint density at radius 3 is 2.40 bits per heavy atom. The molecule has 0 radical (unpaired) electrons. The molecule has 2 aromatic rings. The molecule has 0 heterocycles. The van der Waals surface area contributed by atoms with E-state index in [1.54, 1.807) is 57.2 Å². The fraction of sp³-hybridized carbons (Fsp3) is 0.400. The van der Waals surface area contributed by atoms with Gasteiger partial charge in [-0.15, -0.1) is 0 Å². The molecule has 0 saturated heterocycles. The van der Waals surface area contributed by atoms with Crippen molar-refractivity contribution in [2.24, 2.45) is 5.73 Å². The van der Waals surface area contributed by atoms with E-state index in [0.29, 0.717) is 22.7 Å². The third-order valence-electron chi connectivity index (χ3n) is 5.91. The summed E-state index contributed by atoms with van der Waals surface area (Å²) in [6.07, 6.45) is 1.10. The highest BCUT2D eigenvalue weighted by atomic mass is 35.5. The normalized spacial score (nSPS) is 12.6. The maximum Gasteiger partial charge on any atom is 0.408 e. The predicted octanol–water partition coefficient (Wildman–Crippen LogP) is 5.37. The van der Waals surface area contributed by atoms with Crippen molar-refractivity contribution < 1.29 is 23.9 Å². The molecule has 0 saturated carbocycles. The van der Waals surface area contributed by atoms with Gasteiger partial charge in [0.1, 0.15) is 17.7 Å². The fourth-order valence-electron chi connectivity index (χ4n) is 4.11. The highest BCUT2D eigenvalue weighted by Crippen LogP contribution is 2.30. The van der Waals surface area contributed by atoms with Crippen LogP contribution in [0.3, 0.4) is 0 Å². The standard InChI is InChI=1S/C30H39ClN4O5/c1-7-17-35(28(38)23(15-16-24(32)36)33-29(39)40-30(4,5)6)26(21-13-10-12-20(8-2)18-21)27(37)34-25-19(3)11-9-14-22(25)31/h8-14,18,23,26H,2,7,15-17H2,1,3-6H3,(H2,32,36)(H,33,39)(H,34,37). The topological polar surface area (TPSA) is 131 Å². The van der Waals surface area contributed by atoms with E-state index in [1.165, 1.54) is 4.90 Å². The van der Waals surface area contributed by atoms with E-state index in [-0.39, 0.29) is 19.4 Å². The van der Waals surface area contributed by atoms with E-state index in [4.69, 9.17) is 22.1 Å². The third kappa shape index (κ3) is 9.41. The molecule has 4 N–H and O–H groups in total. The minimum atomic E-state index is -1.17. The fourth-order valence-corrected chi connectivity index (χ4v) is 4.38. The molecule has 0 aromatic heterocycles. The van der Waals surface area contributed by atoms with Crippen molar-refractivity contribution in [1.82, 2.24) is 10.2 Å². The van der Waals surface area contributed by atoms with Gasteiger partial charge in [-0.2, -0.15) is 0 Å². The number of carbonyl (C=O) groups excluding carboxylic acids is 4. The van der Waals surface area contributed by atoms with Crippen LogP contribution in [0.15, 0.2) is 49.0 Å². The number of rotatable bonds is 12. The zero-order chi connectivity index (χ0) is 30.0. The van der Waals surface area contributed by atoms with Crippen LogP contribution in [0.2, 0.25) is 5.02 Å². The lowest BCUT2D eigenvalue weighted by Crippen LogP contribution is -2.52. The molecule has 2 atom stereocenters. The van der Waals surface area contributed by atoms with Gasteiger partial charge < -0.3 is 26.0 Å². The van der Waals surface area contributed by atoms with Gasteiger partial charge in [-0.05, 0) is 69.4 Å². The molecule has 0 bridgehead atoms. The zero-order valence-corrected chi connectivity index (χ0v) is 24.5. The number of alkyl carbamates (subject to hydrolysis) is 1. The SMILES string of the molecule is C=Cc1cccc(C(C(=O)Nc2c(C)cccc2Cl)N(CCC)C(=O)C(CCC(N)=O)NC(=O)OC(C)(C)C)c1. The molecule has 40 heavy (non-hydrogen) atoms. The van der Waals surface area contributed by atoms with Crippen molar-refractivity contribution in [3.05, 3.63) is 70.8 Å². The average molecular weight is 571 g/mol. The van der Waals surface area contributed by atoms with Gasteiger partial charge in [0.25, 0.3) is 5.91 Å². The van der Waals surface area contributed by atoms with Gasteiger partial charge in [0.15, 0.2) is 0 Å². The molecule has 2 rings (SSSR count). The first-order chi connectivity index (χ1) is 18.8. The average Bonchev–Trinajstić information content (AvgIpc) is 2.87. The van der Waals surface area contributed by atoms with Crippen LogP contribution in [0.5, 0.6) is 0 Å². The lowest BCUT2D eigenvalue weighted by Gasteiger charge is -2.34. The number of aryl methyl sites for hydroxylation is 1. The Hall–Kier alpha value is -3.85. The Morgan fingerprint density at radius 1 is 1.15 bits per heavy atom. The van der Waals surface area contributed by atoms with E-state index in [1.807, 2.05) is 26.0 Å². The van der Waals surface area contributed by atoms with E-state index >= 15 is 0 Å². The number of nitrogens with zero attached hydrogens (tertiary/aromatic N) is 1. The number of hydrogen-bond donors (Lipinski definition) is 3. The zero-order valence-electron chi connectivity index (χ0n) is 23.8. The Bertz CT molecular complexity index is 1220. The second kappa shape index (κ2) is 14.5. The Balaban J connectivity index is 2.58. The Kier molecular flexibility index (Phi) is 11.7. The third-order valence-corrected chi connectivity index (χ3v) is 6.22. The van der Waals surface area contributed by atoms with E-state index in [0.717, 1.165) is 11.1 Å². The lowest BCUT2D eigenvalue weighted by molar-refractivity contribution is -0.141. The molecule has 0 spiro atoms.